The Balaban J connectivity index is 2.31. The summed E-state index contributed by atoms with van der Waals surface area (Å²) in [5.74, 6) is -1.49. The van der Waals surface area contributed by atoms with Gasteiger partial charge in [0, 0.05) is 25.3 Å². The molecule has 0 aliphatic carbocycles. The molecule has 1 aliphatic heterocycles. The summed E-state index contributed by atoms with van der Waals surface area (Å²) in [6.45, 7) is 4.94. The van der Waals surface area contributed by atoms with Crippen LogP contribution < -0.4 is 10.6 Å². The Morgan fingerprint density at radius 1 is 1.41 bits per heavy atom. The molecule has 2 amide bonds. The molecule has 1 fully saturated rings. The number of hydrogen-bond donors (Lipinski definition) is 3. The standard InChI is InChI=1S/C11H20N2O4/c1-8(9(14)15)7-12-10(16)13-11(2)3-5-17-6-4-11/h8H,3-7H2,1-2H3,(H,14,15)(H2,12,13,16). The molecule has 6 heteroatoms. The van der Waals surface area contributed by atoms with Crippen LogP contribution in [0.15, 0.2) is 0 Å². The van der Waals surface area contributed by atoms with E-state index in [1.165, 1.54) is 0 Å². The molecule has 0 aromatic carbocycles. The summed E-state index contributed by atoms with van der Waals surface area (Å²) >= 11 is 0. The summed E-state index contributed by atoms with van der Waals surface area (Å²) in [5.41, 5.74) is -0.255. The molecule has 0 saturated carbocycles. The average molecular weight is 244 g/mol. The lowest BCUT2D eigenvalue weighted by Crippen LogP contribution is -2.53. The van der Waals surface area contributed by atoms with Gasteiger partial charge in [0.05, 0.1) is 5.92 Å². The summed E-state index contributed by atoms with van der Waals surface area (Å²) in [7, 11) is 0. The lowest BCUT2D eigenvalue weighted by Gasteiger charge is -2.34. The fourth-order valence-corrected chi connectivity index (χ4v) is 1.60. The van der Waals surface area contributed by atoms with Crippen LogP contribution in [0, 0.1) is 5.92 Å². The molecular weight excluding hydrogens is 224 g/mol. The van der Waals surface area contributed by atoms with Gasteiger partial charge in [-0.15, -0.1) is 0 Å². The van der Waals surface area contributed by atoms with Gasteiger partial charge < -0.3 is 20.5 Å². The molecule has 0 bridgehead atoms. The van der Waals surface area contributed by atoms with E-state index in [-0.39, 0.29) is 18.1 Å². The Kier molecular flexibility index (Phi) is 4.74. The maximum Gasteiger partial charge on any atom is 0.315 e. The van der Waals surface area contributed by atoms with E-state index in [9.17, 15) is 9.59 Å². The van der Waals surface area contributed by atoms with E-state index in [1.54, 1.807) is 6.92 Å². The van der Waals surface area contributed by atoms with E-state index in [0.29, 0.717) is 13.2 Å². The number of carbonyl (C=O) groups excluding carboxylic acids is 1. The van der Waals surface area contributed by atoms with Gasteiger partial charge in [-0.2, -0.15) is 0 Å². The second-order valence-corrected chi connectivity index (χ2v) is 4.75. The third kappa shape index (κ3) is 4.60. The lowest BCUT2D eigenvalue weighted by atomic mass is 9.93. The number of carboxylic acid groups (broad SMARTS) is 1. The minimum Gasteiger partial charge on any atom is -0.481 e. The minimum atomic E-state index is -0.914. The van der Waals surface area contributed by atoms with Gasteiger partial charge in [0.2, 0.25) is 0 Å². The van der Waals surface area contributed by atoms with Crippen LogP contribution in [0.1, 0.15) is 26.7 Å². The number of aliphatic carboxylic acids is 1. The topological polar surface area (TPSA) is 87.7 Å². The van der Waals surface area contributed by atoms with Crippen molar-refractivity contribution in [3.8, 4) is 0 Å². The normalized spacial score (nSPS) is 20.4. The van der Waals surface area contributed by atoms with Crippen LogP contribution in [0.2, 0.25) is 0 Å². The van der Waals surface area contributed by atoms with Crippen LogP contribution in [-0.2, 0) is 9.53 Å². The second kappa shape index (κ2) is 5.86. The Labute approximate surface area is 101 Å². The van der Waals surface area contributed by atoms with Gasteiger partial charge in [0.15, 0.2) is 0 Å². The summed E-state index contributed by atoms with van der Waals surface area (Å²) in [4.78, 5) is 22.2. The summed E-state index contributed by atoms with van der Waals surface area (Å²) in [6.07, 6.45) is 1.55. The summed E-state index contributed by atoms with van der Waals surface area (Å²) in [5, 5.41) is 14.1. The molecule has 0 aromatic heterocycles. The van der Waals surface area contributed by atoms with Crippen molar-refractivity contribution in [3.63, 3.8) is 0 Å². The fraction of sp³-hybridized carbons (Fsp3) is 0.818. The van der Waals surface area contributed by atoms with Gasteiger partial charge in [-0.05, 0) is 19.8 Å². The monoisotopic (exact) mass is 244 g/mol. The third-order valence-electron chi connectivity index (χ3n) is 3.00. The molecule has 1 saturated heterocycles. The number of nitrogens with one attached hydrogen (secondary N) is 2. The molecule has 1 heterocycles. The Bertz CT molecular complexity index is 287. The number of urea groups is 1. The largest absolute Gasteiger partial charge is 0.481 e. The number of carboxylic acids is 1. The van der Waals surface area contributed by atoms with Crippen LogP contribution in [0.4, 0.5) is 4.79 Å². The van der Waals surface area contributed by atoms with Crippen molar-refractivity contribution in [1.82, 2.24) is 10.6 Å². The number of ether oxygens (including phenoxy) is 1. The number of hydrogen-bond acceptors (Lipinski definition) is 3. The van der Waals surface area contributed by atoms with E-state index >= 15 is 0 Å². The van der Waals surface area contributed by atoms with E-state index < -0.39 is 11.9 Å². The first-order chi connectivity index (χ1) is 7.93. The minimum absolute atomic E-state index is 0.133. The van der Waals surface area contributed by atoms with Crippen molar-refractivity contribution in [2.75, 3.05) is 19.8 Å². The van der Waals surface area contributed by atoms with Gasteiger partial charge in [-0.3, -0.25) is 4.79 Å². The van der Waals surface area contributed by atoms with Crippen molar-refractivity contribution < 1.29 is 19.4 Å². The first kappa shape index (κ1) is 13.8. The molecule has 17 heavy (non-hydrogen) atoms. The molecule has 1 atom stereocenters. The summed E-state index contributed by atoms with van der Waals surface area (Å²) < 4.78 is 5.23. The highest BCUT2D eigenvalue weighted by molar-refractivity contribution is 5.76. The van der Waals surface area contributed by atoms with Crippen LogP contribution in [-0.4, -0.2) is 42.4 Å². The molecule has 0 aromatic rings. The van der Waals surface area contributed by atoms with Crippen molar-refractivity contribution in [1.29, 1.82) is 0 Å². The molecular formula is C11H20N2O4. The first-order valence-electron chi connectivity index (χ1n) is 5.79. The van der Waals surface area contributed by atoms with Crippen LogP contribution >= 0.6 is 0 Å². The zero-order chi connectivity index (χ0) is 12.9. The van der Waals surface area contributed by atoms with Crippen molar-refractivity contribution in [2.24, 2.45) is 5.92 Å². The van der Waals surface area contributed by atoms with Crippen LogP contribution in [0.25, 0.3) is 0 Å². The van der Waals surface area contributed by atoms with Gasteiger partial charge in [0.1, 0.15) is 0 Å². The Hall–Kier alpha value is -1.30. The predicted molar refractivity (Wildman–Crippen MR) is 61.8 cm³/mol. The zero-order valence-electron chi connectivity index (χ0n) is 10.3. The Morgan fingerprint density at radius 2 is 2.00 bits per heavy atom. The SMILES string of the molecule is CC(CNC(=O)NC1(C)CCOCC1)C(=O)O. The van der Waals surface area contributed by atoms with Gasteiger partial charge >= 0.3 is 12.0 Å². The van der Waals surface area contributed by atoms with E-state index in [1.807, 2.05) is 6.92 Å². The number of amides is 2. The quantitative estimate of drug-likeness (QED) is 0.675. The maximum absolute atomic E-state index is 11.6. The molecule has 1 aliphatic rings. The Morgan fingerprint density at radius 3 is 2.53 bits per heavy atom. The molecule has 0 spiro atoms. The van der Waals surface area contributed by atoms with Gasteiger partial charge in [-0.1, -0.05) is 6.92 Å². The van der Waals surface area contributed by atoms with E-state index in [2.05, 4.69) is 10.6 Å². The molecule has 0 radical (unpaired) electrons. The fourth-order valence-electron chi connectivity index (χ4n) is 1.60. The van der Waals surface area contributed by atoms with Crippen molar-refractivity contribution >= 4 is 12.0 Å². The highest BCUT2D eigenvalue weighted by Gasteiger charge is 2.29. The molecule has 98 valence electrons. The number of rotatable bonds is 4. The van der Waals surface area contributed by atoms with Crippen LogP contribution in [0.5, 0.6) is 0 Å². The summed E-state index contributed by atoms with van der Waals surface area (Å²) in [6, 6.07) is -0.317. The number of carbonyl (C=O) groups is 2. The van der Waals surface area contributed by atoms with Crippen molar-refractivity contribution in [2.45, 2.75) is 32.2 Å². The van der Waals surface area contributed by atoms with E-state index in [4.69, 9.17) is 9.84 Å². The molecule has 6 nitrogen and oxygen atoms in total. The van der Waals surface area contributed by atoms with Gasteiger partial charge in [0.25, 0.3) is 0 Å². The zero-order valence-corrected chi connectivity index (χ0v) is 10.3. The average Bonchev–Trinajstić information content (AvgIpc) is 2.26. The lowest BCUT2D eigenvalue weighted by molar-refractivity contribution is -0.140. The predicted octanol–water partition coefficient (Wildman–Crippen LogP) is 0.575. The maximum atomic E-state index is 11.6. The van der Waals surface area contributed by atoms with E-state index in [0.717, 1.165) is 12.8 Å². The smallest absolute Gasteiger partial charge is 0.315 e. The first-order valence-corrected chi connectivity index (χ1v) is 5.79. The molecule has 3 N–H and O–H groups in total. The van der Waals surface area contributed by atoms with Crippen molar-refractivity contribution in [3.05, 3.63) is 0 Å². The third-order valence-corrected chi connectivity index (χ3v) is 3.00. The van der Waals surface area contributed by atoms with Gasteiger partial charge in [-0.25, -0.2) is 4.79 Å². The highest BCUT2D eigenvalue weighted by Crippen LogP contribution is 2.19. The molecule has 1 rings (SSSR count). The molecule has 1 unspecified atom stereocenters. The highest BCUT2D eigenvalue weighted by atomic mass is 16.5. The second-order valence-electron chi connectivity index (χ2n) is 4.75. The van der Waals surface area contributed by atoms with Crippen LogP contribution in [0.3, 0.4) is 0 Å².